The van der Waals surface area contributed by atoms with Gasteiger partial charge >= 0.3 is 0 Å². The van der Waals surface area contributed by atoms with E-state index >= 15 is 0 Å². The van der Waals surface area contributed by atoms with Crippen molar-refractivity contribution in [3.63, 3.8) is 0 Å². The number of benzene rings is 2. The molecule has 21 heavy (non-hydrogen) atoms. The van der Waals surface area contributed by atoms with E-state index in [4.69, 9.17) is 0 Å². The first-order valence-corrected chi connectivity index (χ1v) is 7.61. The average Bonchev–Trinajstić information content (AvgIpc) is 2.91. The van der Waals surface area contributed by atoms with E-state index < -0.39 is 5.60 Å². The van der Waals surface area contributed by atoms with Crippen molar-refractivity contribution in [3.8, 4) is 0 Å². The molecule has 1 saturated carbocycles. The molecule has 2 aromatic rings. The van der Waals surface area contributed by atoms with Gasteiger partial charge < -0.3 is 10.4 Å². The van der Waals surface area contributed by atoms with Gasteiger partial charge in [0.2, 0.25) is 5.91 Å². The van der Waals surface area contributed by atoms with Crippen molar-refractivity contribution < 1.29 is 9.90 Å². The van der Waals surface area contributed by atoms with Crippen LogP contribution in [0.15, 0.2) is 42.5 Å². The molecular weight excluding hydrogens is 262 g/mol. The standard InChI is InChI=1S/C18H21NO2/c20-17(12-18(21)9-3-4-10-18)19-13-14-7-8-15-5-1-2-6-16(15)11-14/h1-2,5-8,11,21H,3-4,9-10,12-13H2,(H,19,20). The van der Waals surface area contributed by atoms with Crippen molar-refractivity contribution in [2.45, 2.75) is 44.2 Å². The molecule has 0 unspecified atom stereocenters. The highest BCUT2D eigenvalue weighted by molar-refractivity contribution is 5.83. The predicted molar refractivity (Wildman–Crippen MR) is 83.8 cm³/mol. The molecule has 0 aliphatic heterocycles. The third kappa shape index (κ3) is 3.42. The number of aliphatic hydroxyl groups is 1. The van der Waals surface area contributed by atoms with Gasteiger partial charge in [0.25, 0.3) is 0 Å². The zero-order chi connectivity index (χ0) is 14.7. The Morgan fingerprint density at radius 2 is 1.81 bits per heavy atom. The Kier molecular flexibility index (Phi) is 3.93. The van der Waals surface area contributed by atoms with Gasteiger partial charge in [0.1, 0.15) is 0 Å². The van der Waals surface area contributed by atoms with Crippen molar-refractivity contribution in [2.75, 3.05) is 0 Å². The summed E-state index contributed by atoms with van der Waals surface area (Å²) in [6, 6.07) is 14.4. The molecule has 0 aromatic heterocycles. The zero-order valence-corrected chi connectivity index (χ0v) is 12.1. The minimum atomic E-state index is -0.770. The molecule has 2 N–H and O–H groups in total. The normalized spacial score (nSPS) is 17.0. The van der Waals surface area contributed by atoms with E-state index in [1.807, 2.05) is 18.2 Å². The maximum Gasteiger partial charge on any atom is 0.223 e. The third-order valence-corrected chi connectivity index (χ3v) is 4.33. The van der Waals surface area contributed by atoms with Crippen LogP contribution in [0.25, 0.3) is 10.8 Å². The van der Waals surface area contributed by atoms with Crippen LogP contribution < -0.4 is 5.32 Å². The van der Waals surface area contributed by atoms with E-state index in [0.29, 0.717) is 6.54 Å². The Morgan fingerprint density at radius 1 is 1.10 bits per heavy atom. The number of carbonyl (C=O) groups excluding carboxylic acids is 1. The highest BCUT2D eigenvalue weighted by Crippen LogP contribution is 2.32. The van der Waals surface area contributed by atoms with Crippen LogP contribution in [0, 0.1) is 0 Å². The lowest BCUT2D eigenvalue weighted by Crippen LogP contribution is -2.34. The molecule has 1 amide bonds. The highest BCUT2D eigenvalue weighted by Gasteiger charge is 2.33. The molecule has 3 nitrogen and oxygen atoms in total. The van der Waals surface area contributed by atoms with Crippen LogP contribution in [0.2, 0.25) is 0 Å². The number of amides is 1. The van der Waals surface area contributed by atoms with Crippen LogP contribution in [0.1, 0.15) is 37.7 Å². The number of hydrogen-bond donors (Lipinski definition) is 2. The SMILES string of the molecule is O=C(CC1(O)CCCC1)NCc1ccc2ccccc2c1. The van der Waals surface area contributed by atoms with Gasteiger partial charge in [-0.25, -0.2) is 0 Å². The van der Waals surface area contributed by atoms with Crippen LogP contribution in [0.5, 0.6) is 0 Å². The first kappa shape index (κ1) is 14.1. The third-order valence-electron chi connectivity index (χ3n) is 4.33. The van der Waals surface area contributed by atoms with Gasteiger partial charge in [-0.3, -0.25) is 4.79 Å². The van der Waals surface area contributed by atoms with E-state index in [0.717, 1.165) is 31.2 Å². The lowest BCUT2D eigenvalue weighted by atomic mass is 9.97. The lowest BCUT2D eigenvalue weighted by molar-refractivity contribution is -0.126. The number of rotatable bonds is 4. The van der Waals surface area contributed by atoms with Crippen molar-refractivity contribution in [2.24, 2.45) is 0 Å². The van der Waals surface area contributed by atoms with Crippen LogP contribution in [-0.2, 0) is 11.3 Å². The molecule has 2 aromatic carbocycles. The van der Waals surface area contributed by atoms with Gasteiger partial charge in [0.05, 0.1) is 12.0 Å². The second kappa shape index (κ2) is 5.86. The Morgan fingerprint density at radius 3 is 2.57 bits per heavy atom. The Hall–Kier alpha value is -1.87. The van der Waals surface area contributed by atoms with Crippen molar-refractivity contribution in [1.29, 1.82) is 0 Å². The van der Waals surface area contributed by atoms with Crippen LogP contribution in [0.4, 0.5) is 0 Å². The molecule has 0 atom stereocenters. The van der Waals surface area contributed by atoms with Gasteiger partial charge in [-0.2, -0.15) is 0 Å². The summed E-state index contributed by atoms with van der Waals surface area (Å²) in [6.07, 6.45) is 3.76. The van der Waals surface area contributed by atoms with Gasteiger partial charge in [0.15, 0.2) is 0 Å². The fourth-order valence-electron chi connectivity index (χ4n) is 3.12. The fraction of sp³-hybridized carbons (Fsp3) is 0.389. The number of carbonyl (C=O) groups is 1. The average molecular weight is 283 g/mol. The second-order valence-corrected chi connectivity index (χ2v) is 6.07. The topological polar surface area (TPSA) is 49.3 Å². The molecule has 1 aliphatic rings. The molecule has 0 spiro atoms. The summed E-state index contributed by atoms with van der Waals surface area (Å²) < 4.78 is 0. The maximum atomic E-state index is 12.0. The number of fused-ring (bicyclic) bond motifs is 1. The molecule has 1 fully saturated rings. The number of hydrogen-bond acceptors (Lipinski definition) is 2. The van der Waals surface area contributed by atoms with Crippen LogP contribution in [0.3, 0.4) is 0 Å². The Balaban J connectivity index is 1.59. The van der Waals surface area contributed by atoms with E-state index in [2.05, 4.69) is 29.6 Å². The summed E-state index contributed by atoms with van der Waals surface area (Å²) in [5.74, 6) is -0.0624. The molecule has 0 saturated heterocycles. The van der Waals surface area contributed by atoms with E-state index in [-0.39, 0.29) is 12.3 Å². The largest absolute Gasteiger partial charge is 0.389 e. The fourth-order valence-corrected chi connectivity index (χ4v) is 3.12. The first-order valence-electron chi connectivity index (χ1n) is 7.61. The van der Waals surface area contributed by atoms with E-state index in [1.54, 1.807) is 0 Å². The molecule has 1 aliphatic carbocycles. The van der Waals surface area contributed by atoms with Gasteiger partial charge in [-0.1, -0.05) is 49.2 Å². The lowest BCUT2D eigenvalue weighted by Gasteiger charge is -2.21. The summed E-state index contributed by atoms with van der Waals surface area (Å²) in [5, 5.41) is 15.5. The summed E-state index contributed by atoms with van der Waals surface area (Å²) in [7, 11) is 0. The van der Waals surface area contributed by atoms with Gasteiger partial charge in [0, 0.05) is 6.54 Å². The number of nitrogens with one attached hydrogen (secondary N) is 1. The van der Waals surface area contributed by atoms with Crippen molar-refractivity contribution >= 4 is 16.7 Å². The first-order chi connectivity index (χ1) is 10.1. The molecule has 0 heterocycles. The second-order valence-electron chi connectivity index (χ2n) is 6.07. The Labute approximate surface area is 125 Å². The van der Waals surface area contributed by atoms with E-state index in [1.165, 1.54) is 10.8 Å². The van der Waals surface area contributed by atoms with Crippen LogP contribution in [-0.4, -0.2) is 16.6 Å². The maximum absolute atomic E-state index is 12.0. The zero-order valence-electron chi connectivity index (χ0n) is 12.1. The van der Waals surface area contributed by atoms with Crippen molar-refractivity contribution in [1.82, 2.24) is 5.32 Å². The highest BCUT2D eigenvalue weighted by atomic mass is 16.3. The molecule has 0 radical (unpaired) electrons. The van der Waals surface area contributed by atoms with E-state index in [9.17, 15) is 9.90 Å². The van der Waals surface area contributed by atoms with Crippen LogP contribution >= 0.6 is 0 Å². The minimum absolute atomic E-state index is 0.0624. The summed E-state index contributed by atoms with van der Waals surface area (Å²) in [4.78, 5) is 12.0. The van der Waals surface area contributed by atoms with Gasteiger partial charge in [-0.15, -0.1) is 0 Å². The smallest absolute Gasteiger partial charge is 0.223 e. The minimum Gasteiger partial charge on any atom is -0.389 e. The monoisotopic (exact) mass is 283 g/mol. The molecule has 3 heteroatoms. The molecule has 110 valence electrons. The predicted octanol–water partition coefficient (Wildman–Crippen LogP) is 3.15. The summed E-state index contributed by atoms with van der Waals surface area (Å²) in [5.41, 5.74) is 0.313. The molecular formula is C18H21NO2. The molecule has 3 rings (SSSR count). The van der Waals surface area contributed by atoms with Crippen molar-refractivity contribution in [3.05, 3.63) is 48.0 Å². The summed E-state index contributed by atoms with van der Waals surface area (Å²) in [6.45, 7) is 0.514. The summed E-state index contributed by atoms with van der Waals surface area (Å²) >= 11 is 0. The Bertz CT molecular complexity index is 644. The quantitative estimate of drug-likeness (QED) is 0.905. The molecule has 0 bridgehead atoms. The van der Waals surface area contributed by atoms with Gasteiger partial charge in [-0.05, 0) is 35.2 Å².